The molecule has 2 amide bonds. The Labute approximate surface area is 226 Å². The average molecular weight is 526 g/mol. The second-order valence-corrected chi connectivity index (χ2v) is 9.82. The Bertz CT molecular complexity index is 1550. The maximum Gasteiger partial charge on any atom is 0.273 e. The zero-order valence-electron chi connectivity index (χ0n) is 22.3. The first-order valence-corrected chi connectivity index (χ1v) is 12.8. The molecule has 1 unspecified atom stereocenters. The van der Waals surface area contributed by atoms with Crippen LogP contribution in [0.3, 0.4) is 0 Å². The van der Waals surface area contributed by atoms with Crippen LogP contribution >= 0.6 is 0 Å². The number of carbonyl (C=O) groups is 2. The standard InChI is InChI=1S/C29H31N7O3/c1-17-6-5-7-20(12-17)24(16-37)33-28(38)19(3)36-15-21-8-9-23(32-27(21)29(36)39)22-13-25(30-14-18(22)2)34-26-10-11-31-35(26)4/h5-14,19,24,37H,15-16H2,1-4H3,(H,30,34)(H,33,38)/t19?,24-/m1/s1. The van der Waals surface area contributed by atoms with Crippen molar-refractivity contribution >= 4 is 23.5 Å². The summed E-state index contributed by atoms with van der Waals surface area (Å²) in [6, 6.07) is 13.8. The molecule has 1 aromatic carbocycles. The Kier molecular flexibility index (Phi) is 7.12. The van der Waals surface area contributed by atoms with Gasteiger partial charge in [0.15, 0.2) is 0 Å². The van der Waals surface area contributed by atoms with Gasteiger partial charge in [-0.15, -0.1) is 0 Å². The fourth-order valence-electron chi connectivity index (χ4n) is 4.71. The van der Waals surface area contributed by atoms with Gasteiger partial charge >= 0.3 is 0 Å². The normalized spacial score (nSPS) is 14.2. The second-order valence-electron chi connectivity index (χ2n) is 9.82. The third-order valence-corrected chi connectivity index (χ3v) is 7.03. The summed E-state index contributed by atoms with van der Waals surface area (Å²) in [7, 11) is 1.84. The van der Waals surface area contributed by atoms with Gasteiger partial charge in [-0.1, -0.05) is 35.9 Å². The summed E-state index contributed by atoms with van der Waals surface area (Å²) in [5.41, 5.74) is 5.35. The van der Waals surface area contributed by atoms with E-state index in [1.54, 1.807) is 24.0 Å². The van der Waals surface area contributed by atoms with Crippen LogP contribution in [0, 0.1) is 13.8 Å². The summed E-state index contributed by atoms with van der Waals surface area (Å²) in [6.07, 6.45) is 3.46. The highest BCUT2D eigenvalue weighted by Crippen LogP contribution is 2.30. The largest absolute Gasteiger partial charge is 0.394 e. The number of aliphatic hydroxyl groups excluding tert-OH is 1. The maximum absolute atomic E-state index is 13.4. The SMILES string of the molecule is Cc1cccc([C@@H](CO)NC(=O)C(C)N2Cc3ccc(-c4cc(Nc5ccnn5C)ncc4C)nc3C2=O)c1. The van der Waals surface area contributed by atoms with E-state index in [-0.39, 0.29) is 25.0 Å². The van der Waals surface area contributed by atoms with Crippen molar-refractivity contribution in [2.24, 2.45) is 7.05 Å². The number of pyridine rings is 2. The summed E-state index contributed by atoms with van der Waals surface area (Å²) in [5.74, 6) is 0.785. The molecule has 1 aliphatic heterocycles. The molecule has 0 aliphatic carbocycles. The molecule has 1 aliphatic rings. The number of aryl methyl sites for hydroxylation is 3. The van der Waals surface area contributed by atoms with Crippen LogP contribution in [-0.2, 0) is 18.4 Å². The summed E-state index contributed by atoms with van der Waals surface area (Å²) in [4.78, 5) is 37.2. The van der Waals surface area contributed by atoms with Gasteiger partial charge in [0.1, 0.15) is 23.4 Å². The Morgan fingerprint density at radius 2 is 1.97 bits per heavy atom. The number of aromatic nitrogens is 4. The van der Waals surface area contributed by atoms with Gasteiger partial charge in [0.2, 0.25) is 5.91 Å². The lowest BCUT2D eigenvalue weighted by Gasteiger charge is -2.26. The minimum absolute atomic E-state index is 0.246. The Hall–Kier alpha value is -4.57. The van der Waals surface area contributed by atoms with Crippen LogP contribution in [0.25, 0.3) is 11.3 Å². The van der Waals surface area contributed by atoms with E-state index < -0.39 is 12.1 Å². The molecule has 3 N–H and O–H groups in total. The van der Waals surface area contributed by atoms with Crippen LogP contribution in [0.1, 0.15) is 45.7 Å². The zero-order valence-corrected chi connectivity index (χ0v) is 22.3. The first kappa shape index (κ1) is 26.1. The fourth-order valence-corrected chi connectivity index (χ4v) is 4.71. The van der Waals surface area contributed by atoms with Crippen molar-refractivity contribution in [2.75, 3.05) is 11.9 Å². The molecule has 10 heteroatoms. The van der Waals surface area contributed by atoms with E-state index in [1.807, 2.05) is 69.4 Å². The van der Waals surface area contributed by atoms with Crippen molar-refractivity contribution in [3.63, 3.8) is 0 Å². The van der Waals surface area contributed by atoms with Crippen LogP contribution in [0.5, 0.6) is 0 Å². The number of fused-ring (bicyclic) bond motifs is 1. The molecule has 0 spiro atoms. The molecule has 200 valence electrons. The van der Waals surface area contributed by atoms with Crippen molar-refractivity contribution in [1.29, 1.82) is 0 Å². The maximum atomic E-state index is 13.4. The molecule has 3 aromatic heterocycles. The first-order valence-electron chi connectivity index (χ1n) is 12.8. The predicted octanol–water partition coefficient (Wildman–Crippen LogP) is 3.43. The molecule has 0 fully saturated rings. The summed E-state index contributed by atoms with van der Waals surface area (Å²) in [6.45, 7) is 5.62. The van der Waals surface area contributed by atoms with E-state index in [4.69, 9.17) is 4.98 Å². The van der Waals surface area contributed by atoms with Crippen LogP contribution in [-0.4, -0.2) is 54.2 Å². The van der Waals surface area contributed by atoms with Crippen molar-refractivity contribution < 1.29 is 14.7 Å². The van der Waals surface area contributed by atoms with Gasteiger partial charge in [0, 0.05) is 37.0 Å². The van der Waals surface area contributed by atoms with E-state index in [0.717, 1.165) is 33.6 Å². The van der Waals surface area contributed by atoms with Gasteiger partial charge in [-0.25, -0.2) is 9.97 Å². The van der Waals surface area contributed by atoms with Crippen LogP contribution < -0.4 is 10.6 Å². The molecule has 0 saturated carbocycles. The highest BCUT2D eigenvalue weighted by Gasteiger charge is 2.36. The second kappa shape index (κ2) is 10.7. The molecule has 0 radical (unpaired) electrons. The van der Waals surface area contributed by atoms with Crippen LogP contribution in [0.4, 0.5) is 11.6 Å². The van der Waals surface area contributed by atoms with Crippen LogP contribution in [0.2, 0.25) is 0 Å². The quantitative estimate of drug-likeness (QED) is 0.322. The zero-order chi connectivity index (χ0) is 27.7. The molecule has 4 aromatic rings. The molecule has 0 saturated heterocycles. The minimum Gasteiger partial charge on any atom is -0.394 e. The number of amides is 2. The van der Waals surface area contributed by atoms with Gasteiger partial charge in [0.25, 0.3) is 5.91 Å². The van der Waals surface area contributed by atoms with E-state index in [1.165, 1.54) is 4.90 Å². The number of hydrogen-bond acceptors (Lipinski definition) is 7. The van der Waals surface area contributed by atoms with Gasteiger partial charge in [-0.3, -0.25) is 14.3 Å². The van der Waals surface area contributed by atoms with Crippen molar-refractivity contribution in [2.45, 2.75) is 39.4 Å². The smallest absolute Gasteiger partial charge is 0.273 e. The van der Waals surface area contributed by atoms with E-state index in [2.05, 4.69) is 20.7 Å². The number of nitrogens with one attached hydrogen (secondary N) is 2. The number of anilines is 2. The lowest BCUT2D eigenvalue weighted by atomic mass is 10.0. The van der Waals surface area contributed by atoms with E-state index in [9.17, 15) is 14.7 Å². The number of carbonyl (C=O) groups excluding carboxylic acids is 2. The number of nitrogens with zero attached hydrogens (tertiary/aromatic N) is 5. The summed E-state index contributed by atoms with van der Waals surface area (Å²) < 4.78 is 1.71. The Morgan fingerprint density at radius 1 is 1.15 bits per heavy atom. The van der Waals surface area contributed by atoms with Crippen molar-refractivity contribution in [3.05, 3.63) is 88.9 Å². The van der Waals surface area contributed by atoms with Gasteiger partial charge in [0.05, 0.1) is 24.5 Å². The summed E-state index contributed by atoms with van der Waals surface area (Å²) >= 11 is 0. The van der Waals surface area contributed by atoms with Gasteiger partial charge in [-0.2, -0.15) is 5.10 Å². The predicted molar refractivity (Wildman–Crippen MR) is 147 cm³/mol. The number of benzene rings is 1. The van der Waals surface area contributed by atoms with E-state index in [0.29, 0.717) is 17.2 Å². The lowest BCUT2D eigenvalue weighted by molar-refractivity contribution is -0.126. The highest BCUT2D eigenvalue weighted by molar-refractivity contribution is 6.00. The number of rotatable bonds is 8. The van der Waals surface area contributed by atoms with Gasteiger partial charge < -0.3 is 20.6 Å². The minimum atomic E-state index is -0.744. The molecule has 4 heterocycles. The number of aliphatic hydroxyl groups is 1. The molecule has 5 rings (SSSR count). The molecule has 39 heavy (non-hydrogen) atoms. The monoisotopic (exact) mass is 525 g/mol. The first-order chi connectivity index (χ1) is 18.7. The Balaban J connectivity index is 1.34. The fraction of sp³-hybridized carbons (Fsp3) is 0.276. The topological polar surface area (TPSA) is 125 Å². The van der Waals surface area contributed by atoms with Crippen LogP contribution in [0.15, 0.2) is 60.9 Å². The summed E-state index contributed by atoms with van der Waals surface area (Å²) in [5, 5.41) is 20.2. The molecule has 10 nitrogen and oxygen atoms in total. The average Bonchev–Trinajstić information content (AvgIpc) is 3.49. The third-order valence-electron chi connectivity index (χ3n) is 7.03. The molecular formula is C29H31N7O3. The molecule has 0 bridgehead atoms. The molecule has 2 atom stereocenters. The number of hydrogen-bond donors (Lipinski definition) is 3. The van der Waals surface area contributed by atoms with Crippen molar-refractivity contribution in [1.82, 2.24) is 30.0 Å². The third kappa shape index (κ3) is 5.23. The highest BCUT2D eigenvalue weighted by atomic mass is 16.3. The lowest BCUT2D eigenvalue weighted by Crippen LogP contribution is -2.46. The van der Waals surface area contributed by atoms with Crippen molar-refractivity contribution in [3.8, 4) is 11.3 Å². The van der Waals surface area contributed by atoms with Gasteiger partial charge in [-0.05, 0) is 44.0 Å². The van der Waals surface area contributed by atoms with E-state index >= 15 is 0 Å². The molecular weight excluding hydrogens is 494 g/mol. The Morgan fingerprint density at radius 3 is 2.69 bits per heavy atom.